The molecule has 0 spiro atoms. The highest BCUT2D eigenvalue weighted by Gasteiger charge is 2.16. The number of methoxy groups -OCH3 is 1. The summed E-state index contributed by atoms with van der Waals surface area (Å²) in [5.41, 5.74) is 2.32. The number of hydrogen-bond donors (Lipinski definition) is 0. The molecular weight excluding hydrogens is 178 g/mol. The second-order valence-electron chi connectivity index (χ2n) is 3.05. The van der Waals surface area contributed by atoms with Gasteiger partial charge in [-0.2, -0.15) is 5.26 Å². The van der Waals surface area contributed by atoms with E-state index >= 15 is 0 Å². The summed E-state index contributed by atoms with van der Waals surface area (Å²) in [4.78, 5) is 11.4. The Balaban J connectivity index is 3.47. The Kier molecular flexibility index (Phi) is 2.88. The topological polar surface area (TPSA) is 50.1 Å². The first-order valence-electron chi connectivity index (χ1n) is 4.20. The number of benzene rings is 1. The van der Waals surface area contributed by atoms with Crippen LogP contribution in [0.5, 0.6) is 0 Å². The van der Waals surface area contributed by atoms with Gasteiger partial charge in [-0.15, -0.1) is 0 Å². The number of rotatable bonds is 1. The number of aryl methyl sites for hydroxylation is 2. The number of esters is 1. The van der Waals surface area contributed by atoms with Gasteiger partial charge in [0.25, 0.3) is 0 Å². The highest BCUT2D eigenvalue weighted by Crippen LogP contribution is 2.18. The minimum atomic E-state index is -0.456. The van der Waals surface area contributed by atoms with E-state index in [1.54, 1.807) is 13.8 Å². The molecule has 0 atom stereocenters. The minimum absolute atomic E-state index is 0.370. The van der Waals surface area contributed by atoms with Gasteiger partial charge in [0.05, 0.1) is 18.2 Å². The molecule has 3 nitrogen and oxygen atoms in total. The maximum absolute atomic E-state index is 11.4. The molecule has 0 aliphatic heterocycles. The van der Waals surface area contributed by atoms with Crippen LogP contribution in [0, 0.1) is 25.2 Å². The number of nitriles is 1. The smallest absolute Gasteiger partial charge is 0.339 e. The van der Waals surface area contributed by atoms with Crippen LogP contribution in [0.25, 0.3) is 0 Å². The summed E-state index contributed by atoms with van der Waals surface area (Å²) in [5.74, 6) is -0.456. The summed E-state index contributed by atoms with van der Waals surface area (Å²) in [7, 11) is 1.31. The van der Waals surface area contributed by atoms with Crippen LogP contribution in [-0.2, 0) is 4.74 Å². The van der Waals surface area contributed by atoms with E-state index in [-0.39, 0.29) is 0 Å². The van der Waals surface area contributed by atoms with Gasteiger partial charge in [0.2, 0.25) is 0 Å². The normalized spacial score (nSPS) is 9.29. The van der Waals surface area contributed by atoms with Gasteiger partial charge in [-0.05, 0) is 25.0 Å². The van der Waals surface area contributed by atoms with E-state index in [4.69, 9.17) is 5.26 Å². The number of nitrogens with zero attached hydrogens (tertiary/aromatic N) is 1. The summed E-state index contributed by atoms with van der Waals surface area (Å²) in [6, 6.07) is 5.65. The van der Waals surface area contributed by atoms with Crippen LogP contribution in [0.3, 0.4) is 0 Å². The summed E-state index contributed by atoms with van der Waals surface area (Å²) in [6.07, 6.45) is 0. The zero-order chi connectivity index (χ0) is 10.7. The third-order valence-corrected chi connectivity index (χ3v) is 2.12. The van der Waals surface area contributed by atoms with Crippen molar-refractivity contribution < 1.29 is 9.53 Å². The summed E-state index contributed by atoms with van der Waals surface area (Å²) in [5, 5.41) is 8.91. The highest BCUT2D eigenvalue weighted by atomic mass is 16.5. The van der Waals surface area contributed by atoms with Gasteiger partial charge in [-0.1, -0.05) is 12.1 Å². The van der Waals surface area contributed by atoms with Crippen LogP contribution in [0.4, 0.5) is 0 Å². The fraction of sp³-hybridized carbons (Fsp3) is 0.273. The molecule has 72 valence electrons. The van der Waals surface area contributed by atoms with Crippen LogP contribution in [0.1, 0.15) is 27.0 Å². The number of hydrogen-bond acceptors (Lipinski definition) is 3. The van der Waals surface area contributed by atoms with Gasteiger partial charge in [-0.3, -0.25) is 0 Å². The van der Waals surface area contributed by atoms with Gasteiger partial charge >= 0.3 is 5.97 Å². The average molecular weight is 189 g/mol. The largest absolute Gasteiger partial charge is 0.465 e. The highest BCUT2D eigenvalue weighted by molar-refractivity contribution is 5.94. The quantitative estimate of drug-likeness (QED) is 0.634. The molecule has 0 aromatic heterocycles. The molecule has 0 aliphatic carbocycles. The molecule has 0 heterocycles. The molecular formula is C11H11NO2. The molecule has 0 unspecified atom stereocenters. The third kappa shape index (κ3) is 1.60. The average Bonchev–Trinajstić information content (AvgIpc) is 2.19. The lowest BCUT2D eigenvalue weighted by atomic mass is 9.98. The molecule has 0 N–H and O–H groups in total. The molecule has 0 aliphatic rings. The Morgan fingerprint density at radius 1 is 1.36 bits per heavy atom. The Hall–Kier alpha value is -1.82. The van der Waals surface area contributed by atoms with Gasteiger partial charge in [0.1, 0.15) is 6.07 Å². The van der Waals surface area contributed by atoms with Crippen molar-refractivity contribution in [3.63, 3.8) is 0 Å². The molecule has 1 aromatic carbocycles. The lowest BCUT2D eigenvalue weighted by molar-refractivity contribution is 0.0599. The van der Waals surface area contributed by atoms with Crippen molar-refractivity contribution in [3.8, 4) is 6.07 Å². The second-order valence-corrected chi connectivity index (χ2v) is 3.05. The second kappa shape index (κ2) is 3.93. The maximum Gasteiger partial charge on any atom is 0.339 e. The van der Waals surface area contributed by atoms with Crippen molar-refractivity contribution >= 4 is 5.97 Å². The molecule has 0 fully saturated rings. The van der Waals surface area contributed by atoms with Crippen molar-refractivity contribution in [2.24, 2.45) is 0 Å². The van der Waals surface area contributed by atoms with E-state index in [0.29, 0.717) is 11.1 Å². The molecule has 1 rings (SSSR count). The number of carbonyl (C=O) groups is 1. The fourth-order valence-electron chi connectivity index (χ4n) is 1.32. The maximum atomic E-state index is 11.4. The monoisotopic (exact) mass is 189 g/mol. The lowest BCUT2D eigenvalue weighted by Gasteiger charge is -2.07. The molecule has 0 amide bonds. The lowest BCUT2D eigenvalue weighted by Crippen LogP contribution is -2.07. The van der Waals surface area contributed by atoms with Gasteiger partial charge in [0, 0.05) is 0 Å². The van der Waals surface area contributed by atoms with Crippen molar-refractivity contribution in [1.29, 1.82) is 5.26 Å². The Morgan fingerprint density at radius 2 is 1.93 bits per heavy atom. The van der Waals surface area contributed by atoms with Crippen LogP contribution >= 0.6 is 0 Å². The summed E-state index contributed by atoms with van der Waals surface area (Å²) >= 11 is 0. The number of ether oxygens (including phenoxy) is 1. The van der Waals surface area contributed by atoms with E-state index < -0.39 is 5.97 Å². The minimum Gasteiger partial charge on any atom is -0.465 e. The standard InChI is InChI=1S/C11H11NO2/c1-7-4-5-8(2)10(9(7)6-12)11(13)14-3/h4-5H,1-3H3. The first-order valence-corrected chi connectivity index (χ1v) is 4.20. The zero-order valence-corrected chi connectivity index (χ0v) is 8.42. The first-order chi connectivity index (χ1) is 6.61. The van der Waals surface area contributed by atoms with Crippen LogP contribution in [-0.4, -0.2) is 13.1 Å². The van der Waals surface area contributed by atoms with Crippen LogP contribution in [0.2, 0.25) is 0 Å². The number of carbonyl (C=O) groups excluding carboxylic acids is 1. The van der Waals surface area contributed by atoms with Crippen LogP contribution < -0.4 is 0 Å². The Morgan fingerprint density at radius 3 is 2.43 bits per heavy atom. The first kappa shape index (κ1) is 10.3. The fourth-order valence-corrected chi connectivity index (χ4v) is 1.32. The van der Waals surface area contributed by atoms with Crippen molar-refractivity contribution in [3.05, 3.63) is 34.4 Å². The van der Waals surface area contributed by atoms with E-state index in [2.05, 4.69) is 4.74 Å². The van der Waals surface area contributed by atoms with Gasteiger partial charge < -0.3 is 4.74 Å². The summed E-state index contributed by atoms with van der Waals surface area (Å²) in [6.45, 7) is 3.58. The van der Waals surface area contributed by atoms with Crippen molar-refractivity contribution in [1.82, 2.24) is 0 Å². The molecule has 0 radical (unpaired) electrons. The Labute approximate surface area is 82.9 Å². The Bertz CT molecular complexity index is 416. The molecule has 1 aromatic rings. The molecule has 3 heteroatoms. The van der Waals surface area contributed by atoms with Crippen molar-refractivity contribution in [2.75, 3.05) is 7.11 Å². The van der Waals surface area contributed by atoms with Gasteiger partial charge in [-0.25, -0.2) is 4.79 Å². The van der Waals surface area contributed by atoms with Crippen LogP contribution in [0.15, 0.2) is 12.1 Å². The summed E-state index contributed by atoms with van der Waals surface area (Å²) < 4.78 is 4.62. The zero-order valence-electron chi connectivity index (χ0n) is 8.42. The molecule has 14 heavy (non-hydrogen) atoms. The van der Waals surface area contributed by atoms with E-state index in [9.17, 15) is 4.79 Å². The molecule has 0 saturated carbocycles. The van der Waals surface area contributed by atoms with E-state index in [0.717, 1.165) is 11.1 Å². The molecule has 0 bridgehead atoms. The van der Waals surface area contributed by atoms with E-state index in [1.807, 2.05) is 18.2 Å². The van der Waals surface area contributed by atoms with E-state index in [1.165, 1.54) is 7.11 Å². The molecule has 0 saturated heterocycles. The predicted octanol–water partition coefficient (Wildman–Crippen LogP) is 1.96. The SMILES string of the molecule is COC(=O)c1c(C)ccc(C)c1C#N. The third-order valence-electron chi connectivity index (χ3n) is 2.12. The predicted molar refractivity (Wildman–Crippen MR) is 52.0 cm³/mol. The van der Waals surface area contributed by atoms with Crippen molar-refractivity contribution in [2.45, 2.75) is 13.8 Å². The van der Waals surface area contributed by atoms with Gasteiger partial charge in [0.15, 0.2) is 0 Å².